The summed E-state index contributed by atoms with van der Waals surface area (Å²) in [5.74, 6) is -1.28. The van der Waals surface area contributed by atoms with E-state index >= 15 is 0 Å². The summed E-state index contributed by atoms with van der Waals surface area (Å²) in [6.45, 7) is 10.0. The highest BCUT2D eigenvalue weighted by Gasteiger charge is 2.31. The molecule has 518 valence electrons. The van der Waals surface area contributed by atoms with Gasteiger partial charge in [-0.05, 0) is 77.3 Å². The number of imidazole rings is 1. The molecule has 25 heteroatoms. The molecule has 0 saturated carbocycles. The number of alkyl carbamates (subject to hydrolysis) is 1. The van der Waals surface area contributed by atoms with E-state index in [0.717, 1.165) is 86.3 Å². The van der Waals surface area contributed by atoms with Gasteiger partial charge in [-0.25, -0.2) is 19.6 Å². The smallest absolute Gasteiger partial charge is 0.407 e. The minimum atomic E-state index is -0.876. The molecule has 25 nitrogen and oxygen atoms in total. The Bertz CT molecular complexity index is 3950. The molecule has 9 rings (SSSR count). The SMILES string of the molecule is CCCCc1nc2c(N)nc3ccccc3c2n1Cc1ccc(CNC(=O)OCc2ccc(NC(=O)[C@H](CCCNC(N)=O)CC(=O)[C@@H](NC(=O)CCOCCOCCOCCOCCNC(=O)CCC(=O)N3Cc4ccccc4C4=C(N=NC4)c4ccccc43)C(C)C)cc2)cc1. The van der Waals surface area contributed by atoms with E-state index in [1.54, 1.807) is 29.2 Å². The summed E-state index contributed by atoms with van der Waals surface area (Å²) < 4.78 is 30.2. The first kappa shape index (κ1) is 72.3. The fourth-order valence-electron chi connectivity index (χ4n) is 11.7. The van der Waals surface area contributed by atoms with Crippen LogP contribution in [0.4, 0.5) is 26.8 Å². The lowest BCUT2D eigenvalue weighted by atomic mass is 9.89. The van der Waals surface area contributed by atoms with Gasteiger partial charge in [-0.15, -0.1) is 0 Å². The summed E-state index contributed by atoms with van der Waals surface area (Å²) in [6, 6.07) is 36.8. The number of unbranched alkanes of at least 4 members (excludes halogenated alkanes) is 1. The van der Waals surface area contributed by atoms with Crippen LogP contribution < -0.4 is 43.0 Å². The summed E-state index contributed by atoms with van der Waals surface area (Å²) in [4.78, 5) is 103. The third-order valence-electron chi connectivity index (χ3n) is 16.8. The highest BCUT2D eigenvalue weighted by atomic mass is 16.6. The lowest BCUT2D eigenvalue weighted by Crippen LogP contribution is -2.45. The Morgan fingerprint density at radius 1 is 0.663 bits per heavy atom. The van der Waals surface area contributed by atoms with E-state index in [2.05, 4.69) is 53.3 Å². The zero-order valence-electron chi connectivity index (χ0n) is 56.0. The van der Waals surface area contributed by atoms with Crippen LogP contribution in [0.1, 0.15) is 111 Å². The van der Waals surface area contributed by atoms with Crippen LogP contribution >= 0.6 is 0 Å². The number of nitrogens with one attached hydrogen (secondary N) is 5. The summed E-state index contributed by atoms with van der Waals surface area (Å²) in [6.07, 6.45) is 2.70. The van der Waals surface area contributed by atoms with Crippen molar-refractivity contribution in [2.75, 3.05) is 88.4 Å². The summed E-state index contributed by atoms with van der Waals surface area (Å²) in [5, 5.41) is 23.6. The minimum Gasteiger partial charge on any atom is -0.445 e. The van der Waals surface area contributed by atoms with E-state index in [1.165, 1.54) is 0 Å². The number of rotatable bonds is 38. The molecular weight excluding hydrogens is 1250 g/mol. The van der Waals surface area contributed by atoms with Gasteiger partial charge in [-0.1, -0.05) is 124 Å². The number of nitrogens with two attached hydrogens (primary N) is 2. The number of carbonyl (C=O) groups excluding carboxylic acids is 7. The van der Waals surface area contributed by atoms with Gasteiger partial charge in [-0.2, -0.15) is 10.2 Å². The second-order valence-electron chi connectivity index (χ2n) is 24.4. The fourth-order valence-corrected chi connectivity index (χ4v) is 11.7. The number of hydrogen-bond donors (Lipinski definition) is 7. The number of primary amides is 1. The number of Topliss-reactive ketones (excluding diaryl/α,β-unsaturated/α-hetero) is 1. The average molecular weight is 1340 g/mol. The van der Waals surface area contributed by atoms with Crippen LogP contribution in [-0.4, -0.2) is 135 Å². The number of benzene rings is 5. The number of urea groups is 1. The van der Waals surface area contributed by atoms with Crippen LogP contribution in [0.3, 0.4) is 0 Å². The molecule has 2 aliphatic heterocycles. The number of nitrogens with zero attached hydrogens (tertiary/aromatic N) is 6. The maximum atomic E-state index is 13.9. The Kier molecular flexibility index (Phi) is 27.3. The van der Waals surface area contributed by atoms with Crippen molar-refractivity contribution < 1.29 is 57.2 Å². The molecule has 98 heavy (non-hydrogen) atoms. The quantitative estimate of drug-likeness (QED) is 0.0177. The fraction of sp³-hybridized carbons (Fsp3) is 0.411. The number of ether oxygens (including phenoxy) is 5. The largest absolute Gasteiger partial charge is 0.445 e. The van der Waals surface area contributed by atoms with Crippen LogP contribution in [0, 0.1) is 11.8 Å². The van der Waals surface area contributed by atoms with E-state index in [4.69, 9.17) is 40.1 Å². The van der Waals surface area contributed by atoms with Crippen LogP contribution in [0.2, 0.25) is 0 Å². The predicted molar refractivity (Wildman–Crippen MR) is 373 cm³/mol. The highest BCUT2D eigenvalue weighted by Crippen LogP contribution is 2.41. The molecule has 0 spiro atoms. The molecule has 9 N–H and O–H groups in total. The molecular formula is C73H89N13O12. The molecule has 0 bridgehead atoms. The summed E-state index contributed by atoms with van der Waals surface area (Å²) in [7, 11) is 0. The number of nitrogen functional groups attached to an aromatic ring is 1. The van der Waals surface area contributed by atoms with Gasteiger partial charge in [0, 0.05) is 86.4 Å². The maximum Gasteiger partial charge on any atom is 0.407 e. The van der Waals surface area contributed by atoms with Crippen molar-refractivity contribution in [1.82, 2.24) is 35.8 Å². The van der Waals surface area contributed by atoms with Crippen LogP contribution in [0.5, 0.6) is 0 Å². The van der Waals surface area contributed by atoms with Gasteiger partial charge >= 0.3 is 12.1 Å². The van der Waals surface area contributed by atoms with Crippen LogP contribution in [-0.2, 0) is 80.3 Å². The Labute approximate surface area is 570 Å². The molecule has 0 fully saturated rings. The van der Waals surface area contributed by atoms with E-state index in [9.17, 15) is 33.6 Å². The third kappa shape index (κ3) is 20.8. The number of carbonyl (C=O) groups is 7. The molecule has 7 aromatic rings. The van der Waals surface area contributed by atoms with Crippen molar-refractivity contribution in [1.29, 1.82) is 0 Å². The first-order valence-electron chi connectivity index (χ1n) is 33.6. The van der Waals surface area contributed by atoms with Gasteiger partial charge in [0.25, 0.3) is 0 Å². The summed E-state index contributed by atoms with van der Waals surface area (Å²) >= 11 is 0. The Morgan fingerprint density at radius 3 is 2.07 bits per heavy atom. The number of hydrogen-bond acceptors (Lipinski definition) is 17. The third-order valence-corrected chi connectivity index (χ3v) is 16.8. The van der Waals surface area contributed by atoms with Crippen molar-refractivity contribution in [2.24, 2.45) is 27.8 Å². The molecule has 0 saturated heterocycles. The molecule has 0 unspecified atom stereocenters. The number of azo groups is 1. The monoisotopic (exact) mass is 1340 g/mol. The van der Waals surface area contributed by atoms with Crippen LogP contribution in [0.25, 0.3) is 33.2 Å². The Balaban J connectivity index is 0.615. The van der Waals surface area contributed by atoms with E-state index in [0.29, 0.717) is 75.1 Å². The van der Waals surface area contributed by atoms with Gasteiger partial charge in [-0.3, -0.25) is 24.0 Å². The lowest BCUT2D eigenvalue weighted by molar-refractivity contribution is -0.131. The normalized spacial score (nSPS) is 13.1. The molecule has 0 aliphatic carbocycles. The number of aryl methyl sites for hydroxylation is 1. The van der Waals surface area contributed by atoms with Gasteiger partial charge < -0.3 is 71.2 Å². The van der Waals surface area contributed by atoms with E-state index in [1.807, 2.05) is 111 Å². The molecule has 0 radical (unpaired) electrons. The van der Waals surface area contributed by atoms with Gasteiger partial charge in [0.15, 0.2) is 11.6 Å². The number of aromatic nitrogens is 3. The Morgan fingerprint density at radius 2 is 1.34 bits per heavy atom. The zero-order chi connectivity index (χ0) is 69.2. The van der Waals surface area contributed by atoms with E-state index < -0.39 is 30.0 Å². The van der Waals surface area contributed by atoms with Crippen molar-refractivity contribution in [3.8, 4) is 0 Å². The molecule has 2 atom stereocenters. The minimum absolute atomic E-state index is 0.00874. The molecule has 2 aromatic heterocycles. The van der Waals surface area contributed by atoms with Crippen molar-refractivity contribution in [3.63, 3.8) is 0 Å². The highest BCUT2D eigenvalue weighted by molar-refractivity contribution is 6.07. The first-order chi connectivity index (χ1) is 47.6. The number of amides is 7. The van der Waals surface area contributed by atoms with Crippen LogP contribution in [0.15, 0.2) is 132 Å². The standard InChI is InChI=1S/C73H89N13O12/c1-4-5-20-62-82-68-69(56-16-8-10-18-59(56)81-70(68)74)86(62)45-50-23-21-49(22-24-50)43-78-73(93)98-47-51-25-27-54(28-26-51)80-71(91)52(14-12-32-77-72(75)92)42-61(87)66(48(2)3)83-64(89)31-34-94-36-38-96-40-41-97-39-37-95-35-33-76-63(88)29-30-65(90)85-46-53-13-6-7-15-55(53)58-44-79-84-67(58)57-17-9-11-19-60(57)85/h6-11,13,15-19,21-28,48,52,66H,4-5,12,14,20,29-47H2,1-3H3,(H2,74,81)(H,76,88)(H,78,93)(H,80,91)(H,83,89)(H3,75,77,92)/t52-,66+/m1/s1. The molecule has 4 heterocycles. The summed E-state index contributed by atoms with van der Waals surface area (Å²) in [5.41, 5.74) is 22.6. The predicted octanol–water partition coefficient (Wildman–Crippen LogP) is 9.32. The zero-order valence-corrected chi connectivity index (χ0v) is 56.0. The average Bonchev–Trinajstić information content (AvgIpc) is 1.55. The topological polar surface area (TPSA) is 336 Å². The van der Waals surface area contributed by atoms with Crippen molar-refractivity contribution in [3.05, 3.63) is 161 Å². The maximum absolute atomic E-state index is 13.9. The number of fused-ring (bicyclic) bond motifs is 7. The van der Waals surface area contributed by atoms with Gasteiger partial charge in [0.1, 0.15) is 23.6 Å². The van der Waals surface area contributed by atoms with Gasteiger partial charge in [0.2, 0.25) is 23.6 Å². The van der Waals surface area contributed by atoms with Crippen molar-refractivity contribution >= 4 is 91.9 Å². The van der Waals surface area contributed by atoms with Gasteiger partial charge in [0.05, 0.1) is 88.7 Å². The number of pyridine rings is 1. The molecule has 2 aliphatic rings. The lowest BCUT2D eigenvalue weighted by Gasteiger charge is -2.28. The number of anilines is 3. The first-order valence-corrected chi connectivity index (χ1v) is 33.6. The van der Waals surface area contributed by atoms with Crippen molar-refractivity contribution in [2.45, 2.75) is 111 Å². The molecule has 7 amide bonds. The van der Waals surface area contributed by atoms with E-state index in [-0.39, 0.29) is 114 Å². The second-order valence-corrected chi connectivity index (χ2v) is 24.4. The number of ketones is 1. The Hall–Kier alpha value is -9.95. The number of para-hydroxylation sites is 2. The molecule has 5 aromatic carbocycles. The second kappa shape index (κ2) is 37.0.